The van der Waals surface area contributed by atoms with Crippen LogP contribution in [0.25, 0.3) is 0 Å². The molecule has 0 saturated carbocycles. The van der Waals surface area contributed by atoms with Crippen molar-refractivity contribution >= 4 is 50.9 Å². The first-order chi connectivity index (χ1) is 9.63. The van der Waals surface area contributed by atoms with E-state index in [1.165, 1.54) is 5.56 Å². The molecule has 0 spiro atoms. The number of carbonyl (C=O) groups excluding carboxylic acids is 1. The van der Waals surface area contributed by atoms with Gasteiger partial charge in [-0.25, -0.2) is 0 Å². The Morgan fingerprint density at radius 2 is 1.95 bits per heavy atom. The summed E-state index contributed by atoms with van der Waals surface area (Å²) in [5.74, 6) is 1.22. The van der Waals surface area contributed by atoms with Gasteiger partial charge in [-0.3, -0.25) is 4.79 Å². The number of rotatable bonds is 5. The van der Waals surface area contributed by atoms with Crippen LogP contribution in [0.2, 0.25) is 5.02 Å². The number of nitrogens with one attached hydrogen (secondary N) is 1. The number of halogens is 2. The third-order valence-corrected chi connectivity index (χ3v) is 4.29. The number of benzene rings is 2. The molecule has 0 unspecified atom stereocenters. The van der Waals surface area contributed by atoms with Crippen molar-refractivity contribution in [1.29, 1.82) is 0 Å². The van der Waals surface area contributed by atoms with Crippen molar-refractivity contribution in [2.45, 2.75) is 5.75 Å². The molecular formula is C15H13BrClNOS. The number of hydrogen-bond acceptors (Lipinski definition) is 2. The highest BCUT2D eigenvalue weighted by molar-refractivity contribution is 9.10. The average molecular weight is 371 g/mol. The summed E-state index contributed by atoms with van der Waals surface area (Å²) in [5.41, 5.74) is 1.93. The van der Waals surface area contributed by atoms with E-state index in [0.717, 1.165) is 15.9 Å². The Labute approximate surface area is 136 Å². The molecule has 2 nitrogen and oxygen atoms in total. The molecule has 0 atom stereocenters. The predicted molar refractivity (Wildman–Crippen MR) is 90.4 cm³/mol. The van der Waals surface area contributed by atoms with Crippen LogP contribution in [0.4, 0.5) is 5.69 Å². The smallest absolute Gasteiger partial charge is 0.234 e. The molecule has 5 heteroatoms. The first-order valence-corrected chi connectivity index (χ1v) is 8.33. The fourth-order valence-electron chi connectivity index (χ4n) is 1.61. The van der Waals surface area contributed by atoms with Crippen molar-refractivity contribution in [3.8, 4) is 0 Å². The van der Waals surface area contributed by atoms with Crippen molar-refractivity contribution in [2.24, 2.45) is 0 Å². The normalized spacial score (nSPS) is 10.3. The highest BCUT2D eigenvalue weighted by Crippen LogP contribution is 2.17. The molecule has 2 aromatic rings. The maximum atomic E-state index is 11.8. The molecule has 0 aliphatic carbocycles. The summed E-state index contributed by atoms with van der Waals surface area (Å²) in [7, 11) is 0. The van der Waals surface area contributed by atoms with Crippen LogP contribution >= 0.6 is 39.3 Å². The second-order valence-corrected chi connectivity index (χ2v) is 6.52. The van der Waals surface area contributed by atoms with Gasteiger partial charge in [0.25, 0.3) is 0 Å². The molecule has 2 rings (SSSR count). The first-order valence-electron chi connectivity index (χ1n) is 6.01. The third kappa shape index (κ3) is 5.19. The molecule has 0 aliphatic rings. The molecule has 1 amide bonds. The van der Waals surface area contributed by atoms with Gasteiger partial charge in [0, 0.05) is 20.9 Å². The van der Waals surface area contributed by atoms with Crippen molar-refractivity contribution in [3.05, 3.63) is 63.6 Å². The lowest BCUT2D eigenvalue weighted by Gasteiger charge is -2.05. The van der Waals surface area contributed by atoms with Crippen LogP contribution in [0.15, 0.2) is 53.0 Å². The molecule has 0 fully saturated rings. The van der Waals surface area contributed by atoms with Crippen molar-refractivity contribution in [1.82, 2.24) is 0 Å². The van der Waals surface area contributed by atoms with E-state index >= 15 is 0 Å². The summed E-state index contributed by atoms with van der Waals surface area (Å²) in [4.78, 5) is 11.8. The van der Waals surface area contributed by atoms with E-state index in [1.807, 2.05) is 36.4 Å². The Bertz CT molecular complexity index is 589. The molecule has 2 aromatic carbocycles. The average Bonchev–Trinajstić information content (AvgIpc) is 2.41. The van der Waals surface area contributed by atoms with E-state index in [0.29, 0.717) is 10.8 Å². The fraction of sp³-hybridized carbons (Fsp3) is 0.133. The lowest BCUT2D eigenvalue weighted by Crippen LogP contribution is -2.14. The molecule has 1 N–H and O–H groups in total. The number of thioether (sulfide) groups is 1. The van der Waals surface area contributed by atoms with Crippen LogP contribution in [0, 0.1) is 0 Å². The van der Waals surface area contributed by atoms with Crippen molar-refractivity contribution < 1.29 is 4.79 Å². The van der Waals surface area contributed by atoms with Gasteiger partial charge in [0.15, 0.2) is 0 Å². The molecule has 0 bridgehead atoms. The van der Waals surface area contributed by atoms with Crippen LogP contribution < -0.4 is 5.32 Å². The number of amides is 1. The summed E-state index contributed by atoms with van der Waals surface area (Å²) in [6, 6.07) is 15.2. The molecule has 0 radical (unpaired) electrons. The number of carbonyl (C=O) groups is 1. The Morgan fingerprint density at radius 3 is 2.65 bits per heavy atom. The van der Waals surface area contributed by atoms with Gasteiger partial charge in [-0.1, -0.05) is 45.7 Å². The summed E-state index contributed by atoms with van der Waals surface area (Å²) >= 11 is 10.8. The third-order valence-electron chi connectivity index (χ3n) is 2.52. The number of hydrogen-bond donors (Lipinski definition) is 1. The van der Waals surface area contributed by atoms with E-state index in [1.54, 1.807) is 23.9 Å². The minimum Gasteiger partial charge on any atom is -0.325 e. The zero-order valence-electron chi connectivity index (χ0n) is 10.6. The van der Waals surface area contributed by atoms with E-state index in [4.69, 9.17) is 11.6 Å². The zero-order valence-corrected chi connectivity index (χ0v) is 13.8. The van der Waals surface area contributed by atoms with Crippen LogP contribution in [0.5, 0.6) is 0 Å². The summed E-state index contributed by atoms with van der Waals surface area (Å²) in [6.45, 7) is 0. The Balaban J connectivity index is 1.76. The van der Waals surface area contributed by atoms with Crippen LogP contribution in [0.1, 0.15) is 5.56 Å². The van der Waals surface area contributed by atoms with Crippen LogP contribution in [-0.2, 0) is 10.5 Å². The van der Waals surface area contributed by atoms with E-state index in [9.17, 15) is 4.79 Å². The van der Waals surface area contributed by atoms with Crippen molar-refractivity contribution in [2.75, 3.05) is 11.1 Å². The summed E-state index contributed by atoms with van der Waals surface area (Å²) < 4.78 is 1.06. The van der Waals surface area contributed by atoms with Crippen LogP contribution in [-0.4, -0.2) is 11.7 Å². The van der Waals surface area contributed by atoms with Crippen molar-refractivity contribution in [3.63, 3.8) is 0 Å². The fourth-order valence-corrected chi connectivity index (χ4v) is 2.85. The van der Waals surface area contributed by atoms with E-state index in [-0.39, 0.29) is 5.91 Å². The lowest BCUT2D eigenvalue weighted by atomic mass is 10.2. The Morgan fingerprint density at radius 1 is 1.20 bits per heavy atom. The minimum absolute atomic E-state index is 0.0191. The first kappa shape index (κ1) is 15.4. The van der Waals surface area contributed by atoms with E-state index < -0.39 is 0 Å². The molecular weight excluding hydrogens is 358 g/mol. The highest BCUT2D eigenvalue weighted by atomic mass is 79.9. The largest absolute Gasteiger partial charge is 0.325 e. The molecule has 0 aliphatic heterocycles. The standard InChI is InChI=1S/C15H13BrClNOS/c16-12-6-4-11(5-7-12)9-20-10-15(19)18-14-3-1-2-13(17)8-14/h1-8H,9-10H2,(H,18,19). The SMILES string of the molecule is O=C(CSCc1ccc(Br)cc1)Nc1cccc(Cl)c1. The van der Waals surface area contributed by atoms with Gasteiger partial charge in [-0.05, 0) is 35.9 Å². The van der Waals surface area contributed by atoms with Gasteiger partial charge >= 0.3 is 0 Å². The lowest BCUT2D eigenvalue weighted by molar-refractivity contribution is -0.113. The quantitative estimate of drug-likeness (QED) is 0.804. The second kappa shape index (κ2) is 7.72. The van der Waals surface area contributed by atoms with Gasteiger partial charge in [-0.15, -0.1) is 11.8 Å². The maximum Gasteiger partial charge on any atom is 0.234 e. The second-order valence-electron chi connectivity index (χ2n) is 4.18. The highest BCUT2D eigenvalue weighted by Gasteiger charge is 2.03. The van der Waals surface area contributed by atoms with Gasteiger partial charge in [0.2, 0.25) is 5.91 Å². The molecule has 0 saturated heterocycles. The summed E-state index contributed by atoms with van der Waals surface area (Å²) in [6.07, 6.45) is 0. The van der Waals surface area contributed by atoms with Gasteiger partial charge in [0.1, 0.15) is 0 Å². The number of anilines is 1. The topological polar surface area (TPSA) is 29.1 Å². The summed E-state index contributed by atoms with van der Waals surface area (Å²) in [5, 5.41) is 3.44. The predicted octanol–water partition coefficient (Wildman–Crippen LogP) is 4.97. The monoisotopic (exact) mass is 369 g/mol. The maximum absolute atomic E-state index is 11.8. The van der Waals surface area contributed by atoms with Gasteiger partial charge in [-0.2, -0.15) is 0 Å². The Hall–Kier alpha value is -0.970. The minimum atomic E-state index is -0.0191. The van der Waals surface area contributed by atoms with Crippen LogP contribution in [0.3, 0.4) is 0 Å². The molecule has 104 valence electrons. The Kier molecular flexibility index (Phi) is 5.95. The zero-order chi connectivity index (χ0) is 14.4. The van der Waals surface area contributed by atoms with Gasteiger partial charge in [0.05, 0.1) is 5.75 Å². The van der Waals surface area contributed by atoms with Gasteiger partial charge < -0.3 is 5.32 Å². The molecule has 0 aromatic heterocycles. The molecule has 0 heterocycles. The molecule has 20 heavy (non-hydrogen) atoms. The van der Waals surface area contributed by atoms with E-state index in [2.05, 4.69) is 21.2 Å².